The molecule has 0 aliphatic carbocycles. The highest BCUT2D eigenvalue weighted by Gasteiger charge is 2.38. The predicted octanol–water partition coefficient (Wildman–Crippen LogP) is 1.13. The van der Waals surface area contributed by atoms with Crippen molar-refractivity contribution in [2.45, 2.75) is 0 Å². The normalized spacial score (nSPS) is 10.4. The fraction of sp³-hybridized carbons (Fsp3) is 0. The van der Waals surface area contributed by atoms with E-state index < -0.39 is 43.2 Å². The molecule has 1 aromatic carbocycles. The molecular formula is C10H7N11O6. The van der Waals surface area contributed by atoms with Gasteiger partial charge in [0.15, 0.2) is 0 Å². The average Bonchev–Trinajstić information content (AvgIpc) is 3.28. The number of anilines is 4. The molecule has 27 heavy (non-hydrogen) atoms. The number of hydrogen-bond donors (Lipinski definition) is 4. The van der Waals surface area contributed by atoms with Crippen molar-refractivity contribution < 1.29 is 14.8 Å². The molecule has 0 atom stereocenters. The van der Waals surface area contributed by atoms with Gasteiger partial charge in [-0.15, -0.1) is 0 Å². The van der Waals surface area contributed by atoms with Crippen molar-refractivity contribution in [1.29, 1.82) is 0 Å². The minimum atomic E-state index is -1.02. The van der Waals surface area contributed by atoms with E-state index in [1.54, 1.807) is 0 Å². The average molecular weight is 377 g/mol. The largest absolute Gasteiger partial charge is 0.330 e. The van der Waals surface area contributed by atoms with Crippen LogP contribution in [0.4, 0.5) is 40.3 Å². The monoisotopic (exact) mass is 377 g/mol. The van der Waals surface area contributed by atoms with Crippen LogP contribution in [-0.4, -0.2) is 45.1 Å². The van der Waals surface area contributed by atoms with E-state index in [2.05, 4.69) is 41.0 Å². The molecule has 0 amide bonds. The third-order valence-electron chi connectivity index (χ3n) is 3.15. The third kappa shape index (κ3) is 3.26. The Balaban J connectivity index is 2.30. The molecule has 0 unspecified atom stereocenters. The Hall–Kier alpha value is -4.70. The van der Waals surface area contributed by atoms with Gasteiger partial charge in [0.2, 0.25) is 23.3 Å². The van der Waals surface area contributed by atoms with Crippen LogP contribution in [0.25, 0.3) is 0 Å². The van der Waals surface area contributed by atoms with Gasteiger partial charge in [-0.3, -0.25) is 30.3 Å². The van der Waals surface area contributed by atoms with E-state index >= 15 is 0 Å². The van der Waals surface area contributed by atoms with Gasteiger partial charge in [-0.05, 0) is 0 Å². The van der Waals surface area contributed by atoms with Crippen molar-refractivity contribution in [2.24, 2.45) is 0 Å². The van der Waals surface area contributed by atoms with E-state index in [1.807, 2.05) is 0 Å². The zero-order chi connectivity index (χ0) is 19.6. The van der Waals surface area contributed by atoms with Gasteiger partial charge in [0.25, 0.3) is 0 Å². The third-order valence-corrected chi connectivity index (χ3v) is 3.15. The number of rotatable bonds is 7. The Morgan fingerprint density at radius 2 is 1.22 bits per heavy atom. The molecule has 0 saturated carbocycles. The topological polar surface area (TPSA) is 237 Å². The second-order valence-corrected chi connectivity index (χ2v) is 4.70. The van der Waals surface area contributed by atoms with Crippen LogP contribution in [0.15, 0.2) is 18.7 Å². The Kier molecular flexibility index (Phi) is 4.23. The minimum absolute atomic E-state index is 0.152. The number of H-pyrrole nitrogens is 2. The standard InChI is InChI=1S/C10H7N11O6/c22-19(23)4-1-5(20(24)25)7(16-10-12-3-14-18-10)8(21(26)27)6(4)15-9-11-2-13-17-9/h1-3H,(H2,11,13,15,17)(H2,12,14,16,18). The molecule has 0 spiro atoms. The van der Waals surface area contributed by atoms with Gasteiger partial charge in [0.05, 0.1) is 20.8 Å². The predicted molar refractivity (Wildman–Crippen MR) is 85.7 cm³/mol. The maximum Gasteiger partial charge on any atom is 0.330 e. The highest BCUT2D eigenvalue weighted by Crippen LogP contribution is 2.47. The van der Waals surface area contributed by atoms with E-state index in [-0.39, 0.29) is 11.9 Å². The minimum Gasteiger partial charge on any atom is -0.313 e. The van der Waals surface area contributed by atoms with Gasteiger partial charge in [-0.25, -0.2) is 10.2 Å². The molecule has 138 valence electrons. The smallest absolute Gasteiger partial charge is 0.313 e. The maximum absolute atomic E-state index is 11.6. The molecule has 3 rings (SSSR count). The van der Waals surface area contributed by atoms with Crippen molar-refractivity contribution in [1.82, 2.24) is 30.4 Å². The summed E-state index contributed by atoms with van der Waals surface area (Å²) in [5.74, 6) is -0.304. The Morgan fingerprint density at radius 3 is 1.52 bits per heavy atom. The fourth-order valence-electron chi connectivity index (χ4n) is 2.13. The molecule has 0 bridgehead atoms. The van der Waals surface area contributed by atoms with E-state index in [0.717, 1.165) is 12.7 Å². The lowest BCUT2D eigenvalue weighted by molar-refractivity contribution is -0.400. The summed E-state index contributed by atoms with van der Waals surface area (Å²) in [6.45, 7) is 0. The van der Waals surface area contributed by atoms with Crippen molar-refractivity contribution in [3.05, 3.63) is 49.1 Å². The van der Waals surface area contributed by atoms with E-state index in [1.165, 1.54) is 0 Å². The van der Waals surface area contributed by atoms with Crippen molar-refractivity contribution >= 4 is 40.3 Å². The van der Waals surface area contributed by atoms with Gasteiger partial charge >= 0.3 is 17.1 Å². The Bertz CT molecular complexity index is 942. The molecule has 17 nitrogen and oxygen atoms in total. The highest BCUT2D eigenvalue weighted by molar-refractivity contribution is 5.92. The summed E-state index contributed by atoms with van der Waals surface area (Å²) in [4.78, 5) is 38.7. The first-order valence-corrected chi connectivity index (χ1v) is 6.77. The lowest BCUT2D eigenvalue weighted by Gasteiger charge is -2.10. The van der Waals surface area contributed by atoms with Gasteiger partial charge in [0, 0.05) is 0 Å². The first-order chi connectivity index (χ1) is 12.9. The SMILES string of the molecule is O=[N+]([O-])c1cc([N+](=O)[O-])c(Nc2ncn[nH]2)c([N+](=O)[O-])c1Nc1ncn[nH]1. The van der Waals surface area contributed by atoms with Gasteiger partial charge in [-0.2, -0.15) is 20.2 Å². The zero-order valence-electron chi connectivity index (χ0n) is 12.8. The molecule has 0 saturated heterocycles. The summed E-state index contributed by atoms with van der Waals surface area (Å²) in [7, 11) is 0. The fourth-order valence-corrected chi connectivity index (χ4v) is 2.13. The van der Waals surface area contributed by atoms with Gasteiger partial charge in [-0.1, -0.05) is 0 Å². The van der Waals surface area contributed by atoms with Crippen LogP contribution in [0.1, 0.15) is 0 Å². The van der Waals surface area contributed by atoms with Gasteiger partial charge < -0.3 is 10.6 Å². The summed E-state index contributed by atoms with van der Waals surface area (Å²) < 4.78 is 0. The van der Waals surface area contributed by atoms with Crippen LogP contribution >= 0.6 is 0 Å². The van der Waals surface area contributed by atoms with Gasteiger partial charge in [0.1, 0.15) is 12.7 Å². The molecule has 17 heteroatoms. The Labute approximate surface area is 146 Å². The van der Waals surface area contributed by atoms with Crippen molar-refractivity contribution in [3.8, 4) is 0 Å². The molecule has 0 aliphatic rings. The summed E-state index contributed by atoms with van der Waals surface area (Å²) in [6.07, 6.45) is 2.11. The number of nitro benzene ring substituents is 3. The summed E-state index contributed by atoms with van der Waals surface area (Å²) in [5.41, 5.74) is -4.08. The van der Waals surface area contributed by atoms with Crippen LogP contribution < -0.4 is 10.6 Å². The van der Waals surface area contributed by atoms with Crippen LogP contribution in [0.5, 0.6) is 0 Å². The molecule has 3 aromatic rings. The number of aromatic amines is 2. The number of benzene rings is 1. The zero-order valence-corrected chi connectivity index (χ0v) is 12.8. The molecule has 0 radical (unpaired) electrons. The number of aromatic nitrogens is 6. The van der Waals surface area contributed by atoms with Crippen molar-refractivity contribution in [3.63, 3.8) is 0 Å². The first-order valence-electron chi connectivity index (χ1n) is 6.77. The quantitative estimate of drug-likeness (QED) is 0.335. The molecule has 0 aliphatic heterocycles. The lowest BCUT2D eigenvalue weighted by atomic mass is 10.1. The van der Waals surface area contributed by atoms with E-state index in [9.17, 15) is 30.3 Å². The molecule has 0 fully saturated rings. The molecular weight excluding hydrogens is 370 g/mol. The summed E-state index contributed by atoms with van der Waals surface area (Å²) in [6, 6.07) is 0.574. The van der Waals surface area contributed by atoms with Crippen LogP contribution in [0.3, 0.4) is 0 Å². The van der Waals surface area contributed by atoms with Crippen LogP contribution in [0, 0.1) is 30.3 Å². The second kappa shape index (κ2) is 6.66. The highest BCUT2D eigenvalue weighted by atomic mass is 16.6. The summed E-state index contributed by atoms with van der Waals surface area (Å²) >= 11 is 0. The molecule has 2 heterocycles. The number of nitro groups is 3. The number of hydrogen-bond acceptors (Lipinski definition) is 12. The number of nitrogens with zero attached hydrogens (tertiary/aromatic N) is 7. The second-order valence-electron chi connectivity index (χ2n) is 4.70. The van der Waals surface area contributed by atoms with Crippen LogP contribution in [0.2, 0.25) is 0 Å². The van der Waals surface area contributed by atoms with E-state index in [0.29, 0.717) is 6.07 Å². The van der Waals surface area contributed by atoms with E-state index in [4.69, 9.17) is 0 Å². The summed E-state index contributed by atoms with van der Waals surface area (Å²) in [5, 5.41) is 50.7. The Morgan fingerprint density at radius 1 is 0.778 bits per heavy atom. The lowest BCUT2D eigenvalue weighted by Crippen LogP contribution is -2.08. The maximum atomic E-state index is 11.6. The first kappa shape index (κ1) is 17.1. The number of nitrogens with one attached hydrogen (secondary N) is 4. The molecule has 4 N–H and O–H groups in total. The molecule has 2 aromatic heterocycles. The van der Waals surface area contributed by atoms with Crippen molar-refractivity contribution in [2.75, 3.05) is 10.6 Å². The van der Waals surface area contributed by atoms with Crippen LogP contribution in [-0.2, 0) is 0 Å².